The summed E-state index contributed by atoms with van der Waals surface area (Å²) in [6.45, 7) is -0.160. The maximum Gasteiger partial charge on any atom is 0.420 e. The van der Waals surface area contributed by atoms with Gasteiger partial charge in [-0.15, -0.1) is 10.2 Å². The van der Waals surface area contributed by atoms with E-state index in [1.165, 1.54) is 4.57 Å². The van der Waals surface area contributed by atoms with Crippen molar-refractivity contribution in [1.29, 1.82) is 0 Å². The fourth-order valence-corrected chi connectivity index (χ4v) is 3.13. The third-order valence-electron chi connectivity index (χ3n) is 4.63. The fourth-order valence-electron chi connectivity index (χ4n) is 3.13. The molecule has 2 aromatic carbocycles. The molecular weight excluding hydrogens is 412 g/mol. The second-order valence-corrected chi connectivity index (χ2v) is 6.80. The van der Waals surface area contributed by atoms with Gasteiger partial charge in [0.05, 0.1) is 5.52 Å². The lowest BCUT2D eigenvalue weighted by atomic mass is 10.3. The summed E-state index contributed by atoms with van der Waals surface area (Å²) in [7, 11) is 0. The molecule has 0 fully saturated rings. The fraction of sp³-hybridized carbons (Fsp3) is 0.0455. The van der Waals surface area contributed by atoms with Gasteiger partial charge in [0.1, 0.15) is 18.6 Å². The number of benzene rings is 2. The van der Waals surface area contributed by atoms with E-state index in [1.54, 1.807) is 84.0 Å². The maximum atomic E-state index is 12.4. The quantitative estimate of drug-likeness (QED) is 0.442. The van der Waals surface area contributed by atoms with E-state index in [9.17, 15) is 9.59 Å². The molecular formula is C22H16N6O4. The highest BCUT2D eigenvalue weighted by Crippen LogP contribution is 2.21. The molecule has 0 bridgehead atoms. The zero-order valence-electron chi connectivity index (χ0n) is 16.6. The molecule has 5 rings (SSSR count). The van der Waals surface area contributed by atoms with Crippen molar-refractivity contribution in [2.24, 2.45) is 0 Å². The normalized spacial score (nSPS) is 10.9. The minimum atomic E-state index is -0.578. The van der Waals surface area contributed by atoms with Crippen LogP contribution in [0.1, 0.15) is 0 Å². The minimum Gasteiger partial charge on any atom is -0.438 e. The average molecular weight is 428 g/mol. The third-order valence-corrected chi connectivity index (χ3v) is 4.63. The van der Waals surface area contributed by atoms with Crippen molar-refractivity contribution >= 4 is 22.7 Å². The summed E-state index contributed by atoms with van der Waals surface area (Å²) < 4.78 is 13.9. The molecule has 3 heterocycles. The van der Waals surface area contributed by atoms with Crippen molar-refractivity contribution in [3.63, 3.8) is 0 Å². The molecule has 0 aliphatic carbocycles. The topological polar surface area (TPSA) is 117 Å². The molecule has 0 aliphatic heterocycles. The van der Waals surface area contributed by atoms with Gasteiger partial charge in [0, 0.05) is 24.1 Å². The van der Waals surface area contributed by atoms with Crippen molar-refractivity contribution in [3.05, 3.63) is 89.9 Å². The molecule has 0 aliphatic rings. The Balaban J connectivity index is 1.22. The van der Waals surface area contributed by atoms with E-state index in [0.29, 0.717) is 34.2 Å². The van der Waals surface area contributed by atoms with Gasteiger partial charge >= 0.3 is 5.76 Å². The van der Waals surface area contributed by atoms with E-state index in [4.69, 9.17) is 9.15 Å². The van der Waals surface area contributed by atoms with Gasteiger partial charge in [-0.05, 0) is 42.5 Å². The van der Waals surface area contributed by atoms with Crippen molar-refractivity contribution in [3.8, 4) is 17.4 Å². The molecule has 0 spiro atoms. The molecule has 0 saturated carbocycles. The molecule has 10 nitrogen and oxygen atoms in total. The SMILES string of the molecule is O=C(Cn1c(=O)oc2ccccc21)Nc1ccc(Oc2ccc(-n3ccnc3)nn2)cc1. The van der Waals surface area contributed by atoms with E-state index in [2.05, 4.69) is 20.5 Å². The number of nitrogens with zero attached hydrogens (tertiary/aromatic N) is 5. The molecule has 3 aromatic heterocycles. The van der Waals surface area contributed by atoms with Crippen LogP contribution >= 0.6 is 0 Å². The van der Waals surface area contributed by atoms with E-state index in [0.717, 1.165) is 0 Å². The second-order valence-electron chi connectivity index (χ2n) is 6.80. The molecule has 0 unspecified atom stereocenters. The molecule has 10 heteroatoms. The van der Waals surface area contributed by atoms with E-state index in [1.807, 2.05) is 0 Å². The molecule has 32 heavy (non-hydrogen) atoms. The highest BCUT2D eigenvalue weighted by atomic mass is 16.5. The monoisotopic (exact) mass is 428 g/mol. The first-order chi connectivity index (χ1) is 15.7. The Hall–Kier alpha value is -4.73. The highest BCUT2D eigenvalue weighted by molar-refractivity contribution is 5.91. The van der Waals surface area contributed by atoms with Crippen LogP contribution in [0.25, 0.3) is 16.9 Å². The van der Waals surface area contributed by atoms with E-state index >= 15 is 0 Å². The Morgan fingerprint density at radius 2 is 1.88 bits per heavy atom. The molecule has 5 aromatic rings. The Morgan fingerprint density at radius 1 is 1.03 bits per heavy atom. The lowest BCUT2D eigenvalue weighted by molar-refractivity contribution is -0.116. The number of oxazole rings is 1. The first-order valence-corrected chi connectivity index (χ1v) is 9.64. The number of aromatic nitrogens is 5. The van der Waals surface area contributed by atoms with Crippen LogP contribution < -0.4 is 15.8 Å². The van der Waals surface area contributed by atoms with Crippen LogP contribution in [0.15, 0.2) is 88.6 Å². The van der Waals surface area contributed by atoms with Crippen LogP contribution in [0.5, 0.6) is 11.6 Å². The number of hydrogen-bond donors (Lipinski definition) is 1. The van der Waals surface area contributed by atoms with Gasteiger partial charge in [-0.3, -0.25) is 13.9 Å². The zero-order valence-corrected chi connectivity index (χ0v) is 16.6. The lowest BCUT2D eigenvalue weighted by Gasteiger charge is -2.08. The van der Waals surface area contributed by atoms with Gasteiger partial charge in [0.25, 0.3) is 0 Å². The van der Waals surface area contributed by atoms with Crippen molar-refractivity contribution < 1.29 is 13.9 Å². The number of nitrogens with one attached hydrogen (secondary N) is 1. The summed E-state index contributed by atoms with van der Waals surface area (Å²) in [4.78, 5) is 28.4. The Kier molecular flexibility index (Phi) is 4.92. The van der Waals surface area contributed by atoms with E-state index < -0.39 is 5.76 Å². The Morgan fingerprint density at radius 3 is 2.62 bits per heavy atom. The van der Waals surface area contributed by atoms with Crippen LogP contribution in [-0.2, 0) is 11.3 Å². The van der Waals surface area contributed by atoms with Crippen LogP contribution in [0.2, 0.25) is 0 Å². The molecule has 0 radical (unpaired) electrons. The van der Waals surface area contributed by atoms with Crippen LogP contribution in [0.3, 0.4) is 0 Å². The predicted molar refractivity (Wildman–Crippen MR) is 115 cm³/mol. The van der Waals surface area contributed by atoms with Crippen LogP contribution in [0, 0.1) is 0 Å². The first-order valence-electron chi connectivity index (χ1n) is 9.64. The highest BCUT2D eigenvalue weighted by Gasteiger charge is 2.12. The Bertz CT molecular complexity index is 1420. The van der Waals surface area contributed by atoms with Gasteiger partial charge < -0.3 is 14.5 Å². The number of hydrogen-bond acceptors (Lipinski definition) is 7. The number of amides is 1. The van der Waals surface area contributed by atoms with Gasteiger partial charge in [-0.2, -0.15) is 0 Å². The maximum absolute atomic E-state index is 12.4. The van der Waals surface area contributed by atoms with E-state index in [-0.39, 0.29) is 12.5 Å². The summed E-state index contributed by atoms with van der Waals surface area (Å²) in [5.74, 6) is 0.553. The number of ether oxygens (including phenoxy) is 1. The standard InChI is InChI=1S/C22H16N6O4/c29-20(13-28-17-3-1-2-4-18(17)32-22(28)30)24-15-5-7-16(8-6-15)31-21-10-9-19(25-26-21)27-12-11-23-14-27/h1-12,14H,13H2,(H,24,29). The summed E-state index contributed by atoms with van der Waals surface area (Å²) in [5, 5.41) is 10.9. The first kappa shape index (κ1) is 19.2. The van der Waals surface area contributed by atoms with Crippen LogP contribution in [0.4, 0.5) is 5.69 Å². The van der Waals surface area contributed by atoms with Crippen molar-refractivity contribution in [1.82, 2.24) is 24.3 Å². The summed E-state index contributed by atoms with van der Waals surface area (Å²) in [6.07, 6.45) is 5.05. The zero-order chi connectivity index (χ0) is 21.9. The predicted octanol–water partition coefficient (Wildman–Crippen LogP) is 3.00. The number of rotatable bonds is 6. The number of imidazole rings is 1. The minimum absolute atomic E-state index is 0.160. The lowest BCUT2D eigenvalue weighted by Crippen LogP contribution is -2.24. The molecule has 0 atom stereocenters. The number of carbonyl (C=O) groups is 1. The van der Waals surface area contributed by atoms with Gasteiger partial charge in [0.15, 0.2) is 11.4 Å². The second kappa shape index (κ2) is 8.19. The summed E-state index contributed by atoms with van der Waals surface area (Å²) in [5.41, 5.74) is 1.56. The molecule has 1 amide bonds. The average Bonchev–Trinajstić information content (AvgIpc) is 3.44. The number of carbonyl (C=O) groups excluding carboxylic acids is 1. The Labute approximate surface area is 180 Å². The van der Waals surface area contributed by atoms with Crippen molar-refractivity contribution in [2.75, 3.05) is 5.32 Å². The van der Waals surface area contributed by atoms with Gasteiger partial charge in [0.2, 0.25) is 11.8 Å². The molecule has 1 N–H and O–H groups in total. The van der Waals surface area contributed by atoms with Gasteiger partial charge in [-0.1, -0.05) is 12.1 Å². The third kappa shape index (κ3) is 3.97. The number of anilines is 1. The van der Waals surface area contributed by atoms with Gasteiger partial charge in [-0.25, -0.2) is 9.78 Å². The summed E-state index contributed by atoms with van der Waals surface area (Å²) in [6, 6.07) is 17.2. The molecule has 158 valence electrons. The smallest absolute Gasteiger partial charge is 0.420 e. The summed E-state index contributed by atoms with van der Waals surface area (Å²) >= 11 is 0. The van der Waals surface area contributed by atoms with Crippen molar-refractivity contribution in [2.45, 2.75) is 6.54 Å². The number of para-hydroxylation sites is 2. The van der Waals surface area contributed by atoms with Crippen LogP contribution in [-0.4, -0.2) is 30.2 Å². The largest absolute Gasteiger partial charge is 0.438 e. The number of fused-ring (bicyclic) bond motifs is 1. The molecule has 0 saturated heterocycles.